The highest BCUT2D eigenvalue weighted by molar-refractivity contribution is 6.29. The molecule has 0 amide bonds. The van der Waals surface area contributed by atoms with Crippen molar-refractivity contribution in [3.63, 3.8) is 0 Å². The van der Waals surface area contributed by atoms with Crippen LogP contribution in [-0.4, -0.2) is 50.5 Å². The summed E-state index contributed by atoms with van der Waals surface area (Å²) in [5.41, 5.74) is 5.34. The zero-order valence-corrected chi connectivity index (χ0v) is 21.1. The first kappa shape index (κ1) is 24.0. The van der Waals surface area contributed by atoms with Crippen molar-refractivity contribution < 1.29 is 9.47 Å². The minimum atomic E-state index is 0.290. The molecule has 0 saturated heterocycles. The highest BCUT2D eigenvalue weighted by atomic mass is 35.5. The Morgan fingerprint density at radius 3 is 2.43 bits per heavy atom. The first-order chi connectivity index (χ1) is 18.0. The van der Waals surface area contributed by atoms with Gasteiger partial charge in [-0.05, 0) is 24.1 Å². The highest BCUT2D eigenvalue weighted by Gasteiger charge is 2.14. The lowest BCUT2D eigenvalue weighted by Crippen LogP contribution is -2.17. The SMILES string of the molecule is COc1cc(OC)cc(N(CC#Cc2cncc(Cl)n2)c2ccc3ncc(-c4cnn(C)c4)nc3c2)c1. The van der Waals surface area contributed by atoms with Crippen LogP contribution in [0.2, 0.25) is 5.15 Å². The largest absolute Gasteiger partial charge is 0.497 e. The van der Waals surface area contributed by atoms with E-state index in [2.05, 4.69) is 31.9 Å². The van der Waals surface area contributed by atoms with Crippen molar-refractivity contribution >= 4 is 34.0 Å². The Morgan fingerprint density at radius 2 is 1.73 bits per heavy atom. The molecule has 0 aliphatic rings. The summed E-state index contributed by atoms with van der Waals surface area (Å²) < 4.78 is 12.7. The van der Waals surface area contributed by atoms with Crippen LogP contribution in [0, 0.1) is 11.8 Å². The van der Waals surface area contributed by atoms with Crippen molar-refractivity contribution in [2.45, 2.75) is 0 Å². The fourth-order valence-electron chi connectivity index (χ4n) is 3.75. The quantitative estimate of drug-likeness (QED) is 0.303. The van der Waals surface area contributed by atoms with Gasteiger partial charge in [-0.1, -0.05) is 17.5 Å². The number of fused-ring (bicyclic) bond motifs is 1. The lowest BCUT2D eigenvalue weighted by Gasteiger charge is -2.24. The summed E-state index contributed by atoms with van der Waals surface area (Å²) in [7, 11) is 5.10. The summed E-state index contributed by atoms with van der Waals surface area (Å²) >= 11 is 5.96. The van der Waals surface area contributed by atoms with Crippen molar-refractivity contribution in [1.82, 2.24) is 29.7 Å². The normalized spacial score (nSPS) is 10.6. The standard InChI is InChI=1S/C27H22ClN7O2/c1-34-17-18(13-31-34)26-15-30-24-7-6-20(11-25(24)33-26)35(8-4-5-19-14-29-16-27(28)32-19)21-9-22(36-2)12-23(10-21)37-3/h6-7,9-17H,8H2,1-3H3. The number of hydrogen-bond acceptors (Lipinski definition) is 8. The molecule has 0 bridgehead atoms. The molecule has 0 spiro atoms. The van der Waals surface area contributed by atoms with Gasteiger partial charge in [-0.3, -0.25) is 14.6 Å². The van der Waals surface area contributed by atoms with E-state index in [1.165, 1.54) is 6.20 Å². The van der Waals surface area contributed by atoms with Crippen molar-refractivity contribution in [1.29, 1.82) is 0 Å². The topological polar surface area (TPSA) is 91.1 Å². The molecule has 2 aromatic carbocycles. The Kier molecular flexibility index (Phi) is 6.83. The number of methoxy groups -OCH3 is 2. The molecule has 9 nitrogen and oxygen atoms in total. The van der Waals surface area contributed by atoms with Gasteiger partial charge in [0.1, 0.15) is 22.3 Å². The molecule has 184 valence electrons. The van der Waals surface area contributed by atoms with E-state index in [0.717, 1.165) is 33.7 Å². The number of nitrogens with zero attached hydrogens (tertiary/aromatic N) is 7. The van der Waals surface area contributed by atoms with Crippen molar-refractivity contribution in [3.8, 4) is 34.6 Å². The lowest BCUT2D eigenvalue weighted by molar-refractivity contribution is 0.394. The second-order valence-electron chi connectivity index (χ2n) is 8.02. The van der Waals surface area contributed by atoms with Crippen LogP contribution < -0.4 is 14.4 Å². The van der Waals surface area contributed by atoms with E-state index in [0.29, 0.717) is 28.9 Å². The first-order valence-electron chi connectivity index (χ1n) is 11.3. The summed E-state index contributed by atoms with van der Waals surface area (Å²) in [5, 5.41) is 4.53. The zero-order valence-electron chi connectivity index (χ0n) is 20.4. The molecule has 0 fully saturated rings. The molecule has 37 heavy (non-hydrogen) atoms. The Hall–Kier alpha value is -4.68. The molecule has 3 aromatic heterocycles. The van der Waals surface area contributed by atoms with E-state index < -0.39 is 0 Å². The summed E-state index contributed by atoms with van der Waals surface area (Å²) in [6, 6.07) is 11.6. The summed E-state index contributed by atoms with van der Waals surface area (Å²) in [6.07, 6.45) is 8.47. The fourth-order valence-corrected chi connectivity index (χ4v) is 3.90. The number of benzene rings is 2. The molecule has 5 aromatic rings. The molecular formula is C27H22ClN7O2. The molecule has 0 radical (unpaired) electrons. The first-order valence-corrected chi connectivity index (χ1v) is 11.6. The number of halogens is 1. The van der Waals surface area contributed by atoms with Crippen LogP contribution in [0.4, 0.5) is 11.4 Å². The summed E-state index contributed by atoms with van der Waals surface area (Å²) in [5.74, 6) is 7.53. The zero-order chi connectivity index (χ0) is 25.8. The molecule has 0 atom stereocenters. The molecule has 0 aliphatic carbocycles. The van der Waals surface area contributed by atoms with Crippen molar-refractivity contribution in [2.75, 3.05) is 25.7 Å². The second-order valence-corrected chi connectivity index (χ2v) is 8.40. The van der Waals surface area contributed by atoms with E-state index in [1.807, 2.05) is 54.5 Å². The molecule has 5 rings (SSSR count). The van der Waals surface area contributed by atoms with Gasteiger partial charge < -0.3 is 14.4 Å². The van der Waals surface area contributed by atoms with Gasteiger partial charge in [-0.2, -0.15) is 5.10 Å². The van der Waals surface area contributed by atoms with Crippen LogP contribution in [-0.2, 0) is 7.05 Å². The monoisotopic (exact) mass is 511 g/mol. The highest BCUT2D eigenvalue weighted by Crippen LogP contribution is 2.34. The number of hydrogen-bond donors (Lipinski definition) is 0. The number of anilines is 2. The van der Waals surface area contributed by atoms with E-state index in [9.17, 15) is 0 Å². The average Bonchev–Trinajstić information content (AvgIpc) is 3.36. The molecule has 0 unspecified atom stereocenters. The Balaban J connectivity index is 1.58. The van der Waals surface area contributed by atoms with E-state index in [4.69, 9.17) is 26.1 Å². The number of aromatic nitrogens is 6. The maximum Gasteiger partial charge on any atom is 0.148 e. The summed E-state index contributed by atoms with van der Waals surface area (Å²) in [4.78, 5) is 19.7. The maximum absolute atomic E-state index is 5.96. The molecule has 0 N–H and O–H groups in total. The number of aryl methyl sites for hydroxylation is 1. The minimum Gasteiger partial charge on any atom is -0.497 e. The number of rotatable bonds is 6. The van der Waals surface area contributed by atoms with Gasteiger partial charge in [0.2, 0.25) is 0 Å². The molecule has 10 heteroatoms. The van der Waals surface area contributed by atoms with Gasteiger partial charge in [0.05, 0.1) is 62.3 Å². The van der Waals surface area contributed by atoms with Crippen LogP contribution >= 0.6 is 11.6 Å². The van der Waals surface area contributed by atoms with Crippen LogP contribution in [0.3, 0.4) is 0 Å². The van der Waals surface area contributed by atoms with Crippen LogP contribution in [0.5, 0.6) is 11.5 Å². The molecular weight excluding hydrogens is 490 g/mol. The smallest absolute Gasteiger partial charge is 0.148 e. The molecule has 3 heterocycles. The third-order valence-corrected chi connectivity index (χ3v) is 5.73. The third kappa shape index (κ3) is 5.44. The summed E-state index contributed by atoms with van der Waals surface area (Å²) in [6.45, 7) is 0.339. The maximum atomic E-state index is 5.96. The predicted octanol–water partition coefficient (Wildman–Crippen LogP) is 4.68. The average molecular weight is 512 g/mol. The number of ether oxygens (including phenoxy) is 2. The van der Waals surface area contributed by atoms with E-state index in [1.54, 1.807) is 37.5 Å². The van der Waals surface area contributed by atoms with E-state index >= 15 is 0 Å². The van der Waals surface area contributed by atoms with Gasteiger partial charge in [0, 0.05) is 48.4 Å². The Labute approximate surface area is 218 Å². The third-order valence-electron chi connectivity index (χ3n) is 5.54. The van der Waals surface area contributed by atoms with Crippen LogP contribution in [0.1, 0.15) is 5.69 Å². The molecule has 0 aliphatic heterocycles. The van der Waals surface area contributed by atoms with Gasteiger partial charge in [-0.25, -0.2) is 9.97 Å². The van der Waals surface area contributed by atoms with Gasteiger partial charge in [-0.15, -0.1) is 0 Å². The minimum absolute atomic E-state index is 0.290. The fraction of sp³-hybridized carbons (Fsp3) is 0.148. The van der Waals surface area contributed by atoms with Crippen molar-refractivity contribution in [3.05, 3.63) is 78.2 Å². The Bertz CT molecular complexity index is 1620. The van der Waals surface area contributed by atoms with Crippen LogP contribution in [0.15, 0.2) is 67.4 Å². The van der Waals surface area contributed by atoms with Crippen LogP contribution in [0.25, 0.3) is 22.3 Å². The Morgan fingerprint density at radius 1 is 0.919 bits per heavy atom. The van der Waals surface area contributed by atoms with Gasteiger partial charge in [0.25, 0.3) is 0 Å². The van der Waals surface area contributed by atoms with E-state index in [-0.39, 0.29) is 0 Å². The van der Waals surface area contributed by atoms with Crippen molar-refractivity contribution in [2.24, 2.45) is 7.05 Å². The predicted molar refractivity (Wildman–Crippen MR) is 142 cm³/mol. The second kappa shape index (κ2) is 10.5. The molecule has 0 saturated carbocycles. The van der Waals surface area contributed by atoms with Gasteiger partial charge in [0.15, 0.2) is 0 Å². The van der Waals surface area contributed by atoms with Gasteiger partial charge >= 0.3 is 0 Å². The lowest BCUT2D eigenvalue weighted by atomic mass is 10.2.